The van der Waals surface area contributed by atoms with E-state index in [-0.39, 0.29) is 11.7 Å². The first-order valence-corrected chi connectivity index (χ1v) is 12.4. The second-order valence-electron chi connectivity index (χ2n) is 7.41. The Morgan fingerprint density at radius 2 is 1.74 bits per heavy atom. The molecule has 1 atom stereocenters. The van der Waals surface area contributed by atoms with Crippen LogP contribution in [0.3, 0.4) is 0 Å². The molecule has 1 heterocycles. The van der Waals surface area contributed by atoms with E-state index >= 15 is 0 Å². The van der Waals surface area contributed by atoms with Gasteiger partial charge in [0.15, 0.2) is 17.1 Å². The Hall–Kier alpha value is -3.20. The summed E-state index contributed by atoms with van der Waals surface area (Å²) in [6.07, 6.45) is -0.410. The van der Waals surface area contributed by atoms with E-state index in [9.17, 15) is 4.79 Å². The SMILES string of the molecule is COc1ccc(OC(C)c2nnc(SCC(=O)Nc3ccc(Cl)cc3Cl)n2-c2ccccc2)cc1. The van der Waals surface area contributed by atoms with Crippen molar-refractivity contribution >= 4 is 46.6 Å². The predicted molar refractivity (Wildman–Crippen MR) is 139 cm³/mol. The Morgan fingerprint density at radius 1 is 1.03 bits per heavy atom. The van der Waals surface area contributed by atoms with E-state index in [2.05, 4.69) is 15.5 Å². The van der Waals surface area contributed by atoms with Crippen LogP contribution in [-0.4, -0.2) is 33.5 Å². The number of nitrogens with zero attached hydrogens (tertiary/aromatic N) is 3. The van der Waals surface area contributed by atoms with Gasteiger partial charge in [-0.25, -0.2) is 0 Å². The van der Waals surface area contributed by atoms with Crippen LogP contribution in [0.15, 0.2) is 78.0 Å². The average Bonchev–Trinajstić information content (AvgIpc) is 3.30. The summed E-state index contributed by atoms with van der Waals surface area (Å²) in [5, 5.41) is 13.0. The Morgan fingerprint density at radius 3 is 2.43 bits per heavy atom. The molecule has 7 nitrogen and oxygen atoms in total. The minimum Gasteiger partial charge on any atom is -0.497 e. The smallest absolute Gasteiger partial charge is 0.234 e. The highest BCUT2D eigenvalue weighted by Crippen LogP contribution is 2.29. The van der Waals surface area contributed by atoms with Crippen LogP contribution in [0.1, 0.15) is 18.9 Å². The summed E-state index contributed by atoms with van der Waals surface area (Å²) in [5.74, 6) is 1.91. The molecular formula is C25H22Cl2N4O3S. The quantitative estimate of drug-likeness (QED) is 0.251. The second-order valence-corrected chi connectivity index (χ2v) is 9.19. The Kier molecular flexibility index (Phi) is 8.17. The summed E-state index contributed by atoms with van der Waals surface area (Å²) in [4.78, 5) is 12.6. The molecule has 1 aromatic heterocycles. The highest BCUT2D eigenvalue weighted by Gasteiger charge is 2.22. The molecule has 10 heteroatoms. The molecule has 0 bridgehead atoms. The van der Waals surface area contributed by atoms with Crippen LogP contribution < -0.4 is 14.8 Å². The van der Waals surface area contributed by atoms with Gasteiger partial charge in [0.25, 0.3) is 0 Å². The third-order valence-corrected chi connectivity index (χ3v) is 6.42. The molecule has 3 aromatic carbocycles. The maximum atomic E-state index is 12.6. The molecule has 0 saturated heterocycles. The van der Waals surface area contributed by atoms with Gasteiger partial charge in [-0.3, -0.25) is 9.36 Å². The maximum absolute atomic E-state index is 12.6. The number of benzene rings is 3. The number of nitrogens with one attached hydrogen (secondary N) is 1. The minimum absolute atomic E-state index is 0.109. The largest absolute Gasteiger partial charge is 0.497 e. The summed E-state index contributed by atoms with van der Waals surface area (Å²) < 4.78 is 13.2. The molecule has 4 rings (SSSR count). The first kappa shape index (κ1) is 24.9. The molecule has 1 N–H and O–H groups in total. The van der Waals surface area contributed by atoms with Crippen molar-refractivity contribution in [2.45, 2.75) is 18.2 Å². The molecule has 180 valence electrons. The van der Waals surface area contributed by atoms with E-state index in [1.807, 2.05) is 66.1 Å². The van der Waals surface area contributed by atoms with Crippen LogP contribution in [0.2, 0.25) is 10.0 Å². The number of hydrogen-bond acceptors (Lipinski definition) is 6. The van der Waals surface area contributed by atoms with E-state index in [1.54, 1.807) is 25.3 Å². The van der Waals surface area contributed by atoms with E-state index in [0.717, 1.165) is 11.4 Å². The summed E-state index contributed by atoms with van der Waals surface area (Å²) in [5.41, 5.74) is 1.36. The molecule has 0 aliphatic rings. The van der Waals surface area contributed by atoms with Gasteiger partial charge < -0.3 is 14.8 Å². The third-order valence-electron chi connectivity index (χ3n) is 4.95. The second kappa shape index (κ2) is 11.5. The van der Waals surface area contributed by atoms with Gasteiger partial charge in [0.1, 0.15) is 11.5 Å². The van der Waals surface area contributed by atoms with Gasteiger partial charge in [-0.15, -0.1) is 10.2 Å². The van der Waals surface area contributed by atoms with Gasteiger partial charge in [-0.1, -0.05) is 53.2 Å². The number of halogens is 2. The van der Waals surface area contributed by atoms with Gasteiger partial charge in [0.05, 0.1) is 23.6 Å². The molecule has 1 unspecified atom stereocenters. The number of anilines is 1. The van der Waals surface area contributed by atoms with Crippen LogP contribution in [0, 0.1) is 0 Å². The number of aromatic nitrogens is 3. The van der Waals surface area contributed by atoms with Crippen LogP contribution in [0.25, 0.3) is 5.69 Å². The Balaban J connectivity index is 1.52. The van der Waals surface area contributed by atoms with Crippen molar-refractivity contribution in [2.75, 3.05) is 18.2 Å². The molecule has 0 fully saturated rings. The predicted octanol–water partition coefficient (Wildman–Crippen LogP) is 6.45. The van der Waals surface area contributed by atoms with Crippen molar-refractivity contribution in [3.8, 4) is 17.2 Å². The van der Waals surface area contributed by atoms with Gasteiger partial charge in [0, 0.05) is 10.7 Å². The monoisotopic (exact) mass is 528 g/mol. The average molecular weight is 529 g/mol. The van der Waals surface area contributed by atoms with Crippen molar-refractivity contribution in [2.24, 2.45) is 0 Å². The highest BCUT2D eigenvalue weighted by molar-refractivity contribution is 7.99. The summed E-state index contributed by atoms with van der Waals surface area (Å²) in [6, 6.07) is 21.9. The van der Waals surface area contributed by atoms with Gasteiger partial charge in [0.2, 0.25) is 5.91 Å². The fourth-order valence-corrected chi connectivity index (χ4v) is 4.49. The number of carbonyl (C=O) groups is 1. The van der Waals surface area contributed by atoms with E-state index in [0.29, 0.717) is 32.5 Å². The number of rotatable bonds is 9. The van der Waals surface area contributed by atoms with Crippen LogP contribution in [-0.2, 0) is 4.79 Å². The zero-order valence-corrected chi connectivity index (χ0v) is 21.3. The van der Waals surface area contributed by atoms with Crippen molar-refractivity contribution in [1.29, 1.82) is 0 Å². The Labute approximate surface area is 217 Å². The number of thioether (sulfide) groups is 1. The first-order chi connectivity index (χ1) is 16.9. The lowest BCUT2D eigenvalue weighted by atomic mass is 10.3. The lowest BCUT2D eigenvalue weighted by molar-refractivity contribution is -0.113. The molecule has 0 saturated carbocycles. The number of para-hydroxylation sites is 1. The maximum Gasteiger partial charge on any atom is 0.234 e. The van der Waals surface area contributed by atoms with Crippen LogP contribution in [0.4, 0.5) is 5.69 Å². The number of ether oxygens (including phenoxy) is 2. The van der Waals surface area contributed by atoms with E-state index in [4.69, 9.17) is 32.7 Å². The zero-order valence-electron chi connectivity index (χ0n) is 18.9. The van der Waals surface area contributed by atoms with Crippen molar-refractivity contribution in [1.82, 2.24) is 14.8 Å². The molecule has 35 heavy (non-hydrogen) atoms. The topological polar surface area (TPSA) is 78.3 Å². The van der Waals surface area contributed by atoms with Crippen molar-refractivity contribution in [3.05, 3.63) is 88.7 Å². The van der Waals surface area contributed by atoms with Crippen LogP contribution >= 0.6 is 35.0 Å². The first-order valence-electron chi connectivity index (χ1n) is 10.6. The summed E-state index contributed by atoms with van der Waals surface area (Å²) in [7, 11) is 1.62. The van der Waals surface area contributed by atoms with E-state index < -0.39 is 6.10 Å². The van der Waals surface area contributed by atoms with Crippen molar-refractivity contribution in [3.63, 3.8) is 0 Å². The van der Waals surface area contributed by atoms with Gasteiger partial charge >= 0.3 is 0 Å². The van der Waals surface area contributed by atoms with Gasteiger partial charge in [-0.05, 0) is 61.5 Å². The fraction of sp³-hybridized carbons (Fsp3) is 0.160. The summed E-state index contributed by atoms with van der Waals surface area (Å²) >= 11 is 13.4. The number of methoxy groups -OCH3 is 1. The molecule has 0 radical (unpaired) electrons. The molecule has 4 aromatic rings. The van der Waals surface area contributed by atoms with Crippen LogP contribution in [0.5, 0.6) is 11.5 Å². The molecule has 1 amide bonds. The molecule has 0 aliphatic heterocycles. The minimum atomic E-state index is -0.410. The lowest BCUT2D eigenvalue weighted by Crippen LogP contribution is -2.15. The highest BCUT2D eigenvalue weighted by atomic mass is 35.5. The summed E-state index contributed by atoms with van der Waals surface area (Å²) in [6.45, 7) is 1.90. The zero-order chi connectivity index (χ0) is 24.8. The van der Waals surface area contributed by atoms with Crippen molar-refractivity contribution < 1.29 is 14.3 Å². The molecule has 0 spiro atoms. The van der Waals surface area contributed by atoms with Gasteiger partial charge in [-0.2, -0.15) is 0 Å². The lowest BCUT2D eigenvalue weighted by Gasteiger charge is -2.17. The normalized spacial score (nSPS) is 11.7. The Bertz CT molecular complexity index is 1300. The standard InChI is InChI=1S/C25H22Cl2N4O3S/c1-16(34-20-11-9-19(33-2)10-12-20)24-29-30-25(31(24)18-6-4-3-5-7-18)35-15-23(32)28-22-13-8-17(26)14-21(22)27/h3-14,16H,15H2,1-2H3,(H,28,32). The number of carbonyl (C=O) groups excluding carboxylic acids is 1. The molecule has 0 aliphatic carbocycles. The number of amides is 1. The number of hydrogen-bond donors (Lipinski definition) is 1. The third kappa shape index (κ3) is 6.28. The molecular weight excluding hydrogens is 507 g/mol. The fourth-order valence-electron chi connectivity index (χ4n) is 3.28. The van der Waals surface area contributed by atoms with E-state index in [1.165, 1.54) is 11.8 Å².